The zero-order valence-electron chi connectivity index (χ0n) is 10.0. The Bertz CT molecular complexity index is 481. The third kappa shape index (κ3) is 3.96. The molecule has 0 N–H and O–H groups in total. The first-order valence-corrected chi connectivity index (χ1v) is 7.44. The SMILES string of the molecule is O=S(=O)(F)CCc1ccc(N2CCOCC2)cc1. The standard InChI is InChI=1S/C12H16FNO3S/c13-18(15,16)10-5-11-1-3-12(4-2-11)14-6-8-17-9-7-14/h1-4H,5-10H2. The lowest BCUT2D eigenvalue weighted by Gasteiger charge is -2.28. The fourth-order valence-electron chi connectivity index (χ4n) is 1.93. The Balaban J connectivity index is 1.96. The molecule has 0 radical (unpaired) electrons. The largest absolute Gasteiger partial charge is 0.378 e. The number of nitrogens with zero attached hydrogens (tertiary/aromatic N) is 1. The van der Waals surface area contributed by atoms with Crippen molar-refractivity contribution in [1.29, 1.82) is 0 Å². The van der Waals surface area contributed by atoms with Crippen LogP contribution in [0.1, 0.15) is 5.56 Å². The van der Waals surface area contributed by atoms with Gasteiger partial charge in [0.25, 0.3) is 0 Å². The molecule has 0 bridgehead atoms. The molecule has 1 aliphatic rings. The Kier molecular flexibility index (Phi) is 4.19. The van der Waals surface area contributed by atoms with Gasteiger partial charge >= 0.3 is 10.2 Å². The summed E-state index contributed by atoms with van der Waals surface area (Å²) in [5, 5.41) is 0. The van der Waals surface area contributed by atoms with Crippen LogP contribution in [0.25, 0.3) is 0 Å². The molecule has 100 valence electrons. The molecular weight excluding hydrogens is 257 g/mol. The van der Waals surface area contributed by atoms with E-state index in [9.17, 15) is 12.3 Å². The average molecular weight is 273 g/mol. The van der Waals surface area contributed by atoms with Gasteiger partial charge in [-0.05, 0) is 24.1 Å². The van der Waals surface area contributed by atoms with Crippen molar-refractivity contribution in [2.45, 2.75) is 6.42 Å². The molecule has 0 spiro atoms. The maximum atomic E-state index is 12.4. The van der Waals surface area contributed by atoms with Crippen molar-refractivity contribution in [2.24, 2.45) is 0 Å². The van der Waals surface area contributed by atoms with Crippen LogP contribution in [0.2, 0.25) is 0 Å². The van der Waals surface area contributed by atoms with Gasteiger partial charge in [0.1, 0.15) is 0 Å². The van der Waals surface area contributed by atoms with Crippen molar-refractivity contribution < 1.29 is 17.0 Å². The van der Waals surface area contributed by atoms with Crippen LogP contribution < -0.4 is 4.90 Å². The van der Waals surface area contributed by atoms with Crippen molar-refractivity contribution in [3.8, 4) is 0 Å². The van der Waals surface area contributed by atoms with E-state index < -0.39 is 16.0 Å². The highest BCUT2D eigenvalue weighted by Gasteiger charge is 2.11. The minimum absolute atomic E-state index is 0.211. The Morgan fingerprint density at radius 3 is 2.33 bits per heavy atom. The van der Waals surface area contributed by atoms with Crippen LogP contribution in [-0.2, 0) is 21.4 Å². The van der Waals surface area contributed by atoms with Gasteiger partial charge in [-0.25, -0.2) is 0 Å². The van der Waals surface area contributed by atoms with E-state index in [0.29, 0.717) is 0 Å². The van der Waals surface area contributed by atoms with Gasteiger partial charge in [0.15, 0.2) is 0 Å². The van der Waals surface area contributed by atoms with Crippen molar-refractivity contribution >= 4 is 15.9 Å². The number of anilines is 1. The van der Waals surface area contributed by atoms with Crippen LogP contribution in [0.4, 0.5) is 9.57 Å². The highest BCUT2D eigenvalue weighted by Crippen LogP contribution is 2.17. The quantitative estimate of drug-likeness (QED) is 0.777. The lowest BCUT2D eigenvalue weighted by atomic mass is 10.1. The highest BCUT2D eigenvalue weighted by atomic mass is 32.3. The number of morpholine rings is 1. The predicted molar refractivity (Wildman–Crippen MR) is 68.1 cm³/mol. The molecule has 1 aliphatic heterocycles. The van der Waals surface area contributed by atoms with E-state index in [4.69, 9.17) is 4.74 Å². The highest BCUT2D eigenvalue weighted by molar-refractivity contribution is 7.86. The van der Waals surface area contributed by atoms with E-state index in [1.165, 1.54) is 0 Å². The molecule has 1 heterocycles. The summed E-state index contributed by atoms with van der Waals surface area (Å²) >= 11 is 0. The summed E-state index contributed by atoms with van der Waals surface area (Å²) in [4.78, 5) is 2.21. The van der Waals surface area contributed by atoms with Crippen molar-refractivity contribution in [3.05, 3.63) is 29.8 Å². The lowest BCUT2D eigenvalue weighted by molar-refractivity contribution is 0.122. The molecule has 0 unspecified atom stereocenters. The van der Waals surface area contributed by atoms with Crippen LogP contribution >= 0.6 is 0 Å². The van der Waals surface area contributed by atoms with Gasteiger partial charge in [-0.3, -0.25) is 0 Å². The number of halogens is 1. The fraction of sp³-hybridized carbons (Fsp3) is 0.500. The molecule has 1 saturated heterocycles. The molecule has 0 atom stereocenters. The summed E-state index contributed by atoms with van der Waals surface area (Å²) in [6.07, 6.45) is 0.211. The second-order valence-electron chi connectivity index (χ2n) is 4.26. The molecule has 1 aromatic rings. The Hall–Kier alpha value is -1.14. The topological polar surface area (TPSA) is 46.6 Å². The maximum Gasteiger partial charge on any atom is 0.302 e. The number of hydrogen-bond acceptors (Lipinski definition) is 4. The third-order valence-electron chi connectivity index (χ3n) is 2.95. The predicted octanol–water partition coefficient (Wildman–Crippen LogP) is 1.37. The summed E-state index contributed by atoms with van der Waals surface area (Å²) in [5.41, 5.74) is 1.92. The van der Waals surface area contributed by atoms with E-state index in [2.05, 4.69) is 4.90 Å². The first-order valence-electron chi connectivity index (χ1n) is 5.88. The molecule has 2 rings (SSSR count). The number of aryl methyl sites for hydroxylation is 1. The monoisotopic (exact) mass is 273 g/mol. The molecule has 6 heteroatoms. The van der Waals surface area contributed by atoms with Crippen molar-refractivity contribution in [3.63, 3.8) is 0 Å². The normalized spacial score (nSPS) is 16.8. The number of ether oxygens (including phenoxy) is 1. The van der Waals surface area contributed by atoms with E-state index in [1.54, 1.807) is 0 Å². The van der Waals surface area contributed by atoms with Crippen LogP contribution in [0.5, 0.6) is 0 Å². The van der Waals surface area contributed by atoms with Gasteiger partial charge in [-0.15, -0.1) is 3.89 Å². The van der Waals surface area contributed by atoms with Gasteiger partial charge in [-0.1, -0.05) is 12.1 Å². The van der Waals surface area contributed by atoms with Crippen molar-refractivity contribution in [2.75, 3.05) is 37.0 Å². The van der Waals surface area contributed by atoms with Gasteiger partial charge < -0.3 is 9.64 Å². The van der Waals surface area contributed by atoms with Crippen LogP contribution in [0.15, 0.2) is 24.3 Å². The minimum Gasteiger partial charge on any atom is -0.378 e. The number of benzene rings is 1. The second kappa shape index (κ2) is 5.67. The minimum atomic E-state index is -4.38. The Morgan fingerprint density at radius 2 is 1.78 bits per heavy atom. The molecule has 0 aliphatic carbocycles. The zero-order valence-corrected chi connectivity index (χ0v) is 10.8. The number of hydrogen-bond donors (Lipinski definition) is 0. The summed E-state index contributed by atoms with van der Waals surface area (Å²) < 4.78 is 38.5. The summed E-state index contributed by atoms with van der Waals surface area (Å²) in [5.74, 6) is -0.454. The van der Waals surface area contributed by atoms with Gasteiger partial charge in [0.2, 0.25) is 0 Å². The third-order valence-corrected chi connectivity index (χ3v) is 3.64. The van der Waals surface area contributed by atoms with Gasteiger partial charge in [0, 0.05) is 18.8 Å². The smallest absolute Gasteiger partial charge is 0.302 e. The van der Waals surface area contributed by atoms with Crippen LogP contribution in [0, 0.1) is 0 Å². The molecule has 1 aromatic carbocycles. The van der Waals surface area contributed by atoms with Crippen LogP contribution in [-0.4, -0.2) is 40.5 Å². The van der Waals surface area contributed by atoms with Crippen LogP contribution in [0.3, 0.4) is 0 Å². The van der Waals surface area contributed by atoms with E-state index in [-0.39, 0.29) is 6.42 Å². The van der Waals surface area contributed by atoms with E-state index in [0.717, 1.165) is 37.6 Å². The van der Waals surface area contributed by atoms with E-state index in [1.807, 2.05) is 24.3 Å². The fourth-order valence-corrected chi connectivity index (χ4v) is 2.41. The first-order chi connectivity index (χ1) is 8.54. The Labute approximate surface area is 107 Å². The van der Waals surface area contributed by atoms with Gasteiger partial charge in [0.05, 0.1) is 19.0 Å². The maximum absolute atomic E-state index is 12.4. The molecule has 1 fully saturated rings. The zero-order chi connectivity index (χ0) is 13.0. The average Bonchev–Trinajstić information content (AvgIpc) is 2.37. The summed E-state index contributed by atoms with van der Waals surface area (Å²) in [7, 11) is -4.38. The number of rotatable bonds is 4. The molecule has 4 nitrogen and oxygen atoms in total. The second-order valence-corrected chi connectivity index (χ2v) is 5.74. The molecule has 18 heavy (non-hydrogen) atoms. The first kappa shape index (κ1) is 13.3. The van der Waals surface area contributed by atoms with E-state index >= 15 is 0 Å². The van der Waals surface area contributed by atoms with Crippen molar-refractivity contribution in [1.82, 2.24) is 0 Å². The Morgan fingerprint density at radius 1 is 1.17 bits per heavy atom. The molecule has 0 aromatic heterocycles. The summed E-state index contributed by atoms with van der Waals surface area (Å²) in [6.45, 7) is 3.17. The summed E-state index contributed by atoms with van der Waals surface area (Å²) in [6, 6.07) is 7.56. The molecule has 0 amide bonds. The van der Waals surface area contributed by atoms with Gasteiger partial charge in [-0.2, -0.15) is 8.42 Å². The molecular formula is C12H16FNO3S. The lowest BCUT2D eigenvalue weighted by Crippen LogP contribution is -2.36. The molecule has 0 saturated carbocycles.